The Morgan fingerprint density at radius 3 is 2.62 bits per heavy atom. The van der Waals surface area contributed by atoms with Gasteiger partial charge in [0.25, 0.3) is 5.91 Å². The summed E-state index contributed by atoms with van der Waals surface area (Å²) in [7, 11) is 1.60. The van der Waals surface area contributed by atoms with Gasteiger partial charge >= 0.3 is 0 Å². The fraction of sp³-hybridized carbons (Fsp3) is 0.448. The molecule has 0 aliphatic carbocycles. The van der Waals surface area contributed by atoms with Gasteiger partial charge in [0.1, 0.15) is 0 Å². The highest BCUT2D eigenvalue weighted by atomic mass is 16.5. The number of H-pyrrole nitrogens is 1. The predicted molar refractivity (Wildman–Crippen MR) is 141 cm³/mol. The number of para-hydroxylation sites is 1. The van der Waals surface area contributed by atoms with Crippen molar-refractivity contribution in [2.45, 2.75) is 38.6 Å². The molecule has 1 aromatic heterocycles. The van der Waals surface area contributed by atoms with Crippen LogP contribution in [-0.4, -0.2) is 73.2 Å². The van der Waals surface area contributed by atoms with Crippen molar-refractivity contribution in [1.82, 2.24) is 14.8 Å². The first kappa shape index (κ1) is 25.1. The number of amides is 2. The van der Waals surface area contributed by atoms with Gasteiger partial charge in [-0.15, -0.1) is 0 Å². The fourth-order valence-corrected chi connectivity index (χ4v) is 5.70. The molecule has 0 radical (unpaired) electrons. The number of nitrogens with zero attached hydrogens (tertiary/aromatic N) is 2. The molecule has 0 spiro atoms. The van der Waals surface area contributed by atoms with Crippen molar-refractivity contribution in [2.75, 3.05) is 46.6 Å². The highest BCUT2D eigenvalue weighted by Gasteiger charge is 2.56. The number of hydrogen-bond acceptors (Lipinski definition) is 5. The normalized spacial score (nSPS) is 21.2. The second kappa shape index (κ2) is 10.1. The summed E-state index contributed by atoms with van der Waals surface area (Å²) < 4.78 is 17.1. The molecule has 1 saturated heterocycles. The quantitative estimate of drug-likeness (QED) is 0.475. The van der Waals surface area contributed by atoms with E-state index < -0.39 is 5.54 Å². The first-order chi connectivity index (χ1) is 17.9. The molecule has 1 N–H and O–H groups in total. The molecule has 1 fully saturated rings. The summed E-state index contributed by atoms with van der Waals surface area (Å²) in [6.07, 6.45) is 0.903. The van der Waals surface area contributed by atoms with Gasteiger partial charge in [0.05, 0.1) is 32.1 Å². The van der Waals surface area contributed by atoms with Crippen LogP contribution in [0.4, 0.5) is 0 Å². The summed E-state index contributed by atoms with van der Waals surface area (Å²) in [6.45, 7) is 8.21. The largest absolute Gasteiger partial charge is 0.490 e. The Balaban J connectivity index is 1.66. The van der Waals surface area contributed by atoms with Gasteiger partial charge in [-0.2, -0.15) is 0 Å². The molecular weight excluding hydrogens is 470 g/mol. The molecule has 196 valence electrons. The highest BCUT2D eigenvalue weighted by molar-refractivity contribution is 6.01. The molecule has 5 rings (SSSR count). The molecule has 8 heteroatoms. The standard InChI is InChI=1S/C29H35N3O5/c1-5-14-37-23-12-11-19(16-24(23)36-6-2)21-17-32-25(33)18-31(13-15-35-4)28(34)29(32,3)27-26(21)20-9-7-8-10-22(20)30-27/h7-12,16,21,30H,5-6,13-15,17-18H2,1-4H3/t21-,29+/m1/s1. The molecule has 37 heavy (non-hydrogen) atoms. The molecule has 0 bridgehead atoms. The van der Waals surface area contributed by atoms with Crippen molar-refractivity contribution in [2.24, 2.45) is 0 Å². The third kappa shape index (κ3) is 4.13. The smallest absolute Gasteiger partial charge is 0.255 e. The molecule has 2 aliphatic rings. The molecule has 3 aromatic rings. The number of fused-ring (bicyclic) bond motifs is 5. The summed E-state index contributed by atoms with van der Waals surface area (Å²) in [5.74, 6) is 1.11. The second-order valence-corrected chi connectivity index (χ2v) is 9.80. The minimum Gasteiger partial charge on any atom is -0.490 e. The number of benzene rings is 2. The number of hydrogen-bond donors (Lipinski definition) is 1. The number of carbonyl (C=O) groups is 2. The van der Waals surface area contributed by atoms with E-state index in [0.717, 1.165) is 34.1 Å². The van der Waals surface area contributed by atoms with E-state index >= 15 is 0 Å². The van der Waals surface area contributed by atoms with Crippen LogP contribution in [0.1, 0.15) is 49.9 Å². The molecule has 2 aromatic carbocycles. The van der Waals surface area contributed by atoms with E-state index in [1.165, 1.54) is 0 Å². The van der Waals surface area contributed by atoms with Gasteiger partial charge in [0.15, 0.2) is 17.0 Å². The van der Waals surface area contributed by atoms with Crippen molar-refractivity contribution < 1.29 is 23.8 Å². The van der Waals surface area contributed by atoms with E-state index in [4.69, 9.17) is 14.2 Å². The van der Waals surface area contributed by atoms with Crippen LogP contribution in [0.25, 0.3) is 10.9 Å². The second-order valence-electron chi connectivity index (χ2n) is 9.80. The van der Waals surface area contributed by atoms with Crippen LogP contribution in [-0.2, 0) is 19.9 Å². The van der Waals surface area contributed by atoms with E-state index in [1.54, 1.807) is 16.9 Å². The van der Waals surface area contributed by atoms with Crippen LogP contribution in [0.5, 0.6) is 11.5 Å². The Morgan fingerprint density at radius 2 is 1.86 bits per heavy atom. The number of piperazine rings is 1. The first-order valence-electron chi connectivity index (χ1n) is 13.0. The molecule has 2 aliphatic heterocycles. The molecule has 8 nitrogen and oxygen atoms in total. The van der Waals surface area contributed by atoms with E-state index in [2.05, 4.69) is 18.0 Å². The predicted octanol–water partition coefficient (Wildman–Crippen LogP) is 4.03. The Morgan fingerprint density at radius 1 is 1.05 bits per heavy atom. The molecular formula is C29H35N3O5. The topological polar surface area (TPSA) is 84.1 Å². The number of methoxy groups -OCH3 is 1. The van der Waals surface area contributed by atoms with Crippen LogP contribution < -0.4 is 9.47 Å². The van der Waals surface area contributed by atoms with Gasteiger partial charge < -0.3 is 29.0 Å². The Labute approximate surface area is 217 Å². The Kier molecular flexibility index (Phi) is 6.86. The first-order valence-corrected chi connectivity index (χ1v) is 13.0. The minimum atomic E-state index is -1.12. The van der Waals surface area contributed by atoms with Gasteiger partial charge in [0.2, 0.25) is 5.91 Å². The number of carbonyl (C=O) groups excluding carboxylic acids is 2. The van der Waals surface area contributed by atoms with Crippen LogP contribution in [0.15, 0.2) is 42.5 Å². The van der Waals surface area contributed by atoms with Crippen molar-refractivity contribution in [3.63, 3.8) is 0 Å². The Hall–Kier alpha value is -3.52. The lowest BCUT2D eigenvalue weighted by Crippen LogP contribution is -2.67. The average molecular weight is 506 g/mol. The summed E-state index contributed by atoms with van der Waals surface area (Å²) in [5.41, 5.74) is 2.66. The maximum atomic E-state index is 13.9. The number of nitrogens with one attached hydrogen (secondary N) is 1. The number of aromatic amines is 1. The van der Waals surface area contributed by atoms with Crippen LogP contribution in [0.2, 0.25) is 0 Å². The maximum absolute atomic E-state index is 13.9. The highest BCUT2D eigenvalue weighted by Crippen LogP contribution is 2.48. The molecule has 3 heterocycles. The molecule has 2 atom stereocenters. The number of aromatic nitrogens is 1. The maximum Gasteiger partial charge on any atom is 0.255 e. The van der Waals surface area contributed by atoms with E-state index in [-0.39, 0.29) is 24.3 Å². The van der Waals surface area contributed by atoms with E-state index in [9.17, 15) is 9.59 Å². The average Bonchev–Trinajstić information content (AvgIpc) is 3.30. The monoisotopic (exact) mass is 505 g/mol. The van der Waals surface area contributed by atoms with Gasteiger partial charge in [-0.1, -0.05) is 31.2 Å². The third-order valence-electron chi connectivity index (χ3n) is 7.51. The number of ether oxygens (including phenoxy) is 3. The summed E-state index contributed by atoms with van der Waals surface area (Å²) in [5, 5.41) is 1.06. The van der Waals surface area contributed by atoms with Gasteiger partial charge in [0, 0.05) is 37.0 Å². The zero-order valence-electron chi connectivity index (χ0n) is 22.0. The third-order valence-corrected chi connectivity index (χ3v) is 7.51. The summed E-state index contributed by atoms with van der Waals surface area (Å²) in [4.78, 5) is 34.4. The van der Waals surface area contributed by atoms with Crippen LogP contribution >= 0.6 is 0 Å². The number of rotatable bonds is 9. The van der Waals surface area contributed by atoms with Gasteiger partial charge in [-0.25, -0.2) is 0 Å². The van der Waals surface area contributed by atoms with Crippen molar-refractivity contribution in [3.8, 4) is 11.5 Å². The SMILES string of the molecule is CCCOc1ccc([C@H]2CN3C(=O)CN(CCOC)C(=O)[C@]3(C)c3[nH]c4ccccc4c32)cc1OCC. The lowest BCUT2D eigenvalue weighted by Gasteiger charge is -2.51. The lowest BCUT2D eigenvalue weighted by molar-refractivity contribution is -0.166. The summed E-state index contributed by atoms with van der Waals surface area (Å²) >= 11 is 0. The summed E-state index contributed by atoms with van der Waals surface area (Å²) in [6, 6.07) is 14.1. The lowest BCUT2D eigenvalue weighted by atomic mass is 9.76. The van der Waals surface area contributed by atoms with Gasteiger partial charge in [-0.3, -0.25) is 9.59 Å². The fourth-order valence-electron chi connectivity index (χ4n) is 5.70. The zero-order valence-corrected chi connectivity index (χ0v) is 22.0. The molecule has 0 unspecified atom stereocenters. The molecule has 2 amide bonds. The van der Waals surface area contributed by atoms with Crippen molar-refractivity contribution in [3.05, 3.63) is 59.3 Å². The van der Waals surface area contributed by atoms with Crippen molar-refractivity contribution in [1.29, 1.82) is 0 Å². The minimum absolute atomic E-state index is 0.0497. The van der Waals surface area contributed by atoms with Crippen LogP contribution in [0, 0.1) is 0 Å². The zero-order chi connectivity index (χ0) is 26.2. The van der Waals surface area contributed by atoms with E-state index in [0.29, 0.717) is 44.4 Å². The Bertz CT molecular complexity index is 1320. The van der Waals surface area contributed by atoms with Crippen molar-refractivity contribution >= 4 is 22.7 Å². The molecule has 0 saturated carbocycles. The van der Waals surface area contributed by atoms with Crippen LogP contribution in [0.3, 0.4) is 0 Å². The van der Waals surface area contributed by atoms with Gasteiger partial charge in [-0.05, 0) is 49.6 Å². The van der Waals surface area contributed by atoms with E-state index in [1.807, 2.05) is 50.2 Å².